The summed E-state index contributed by atoms with van der Waals surface area (Å²) in [5.74, 6) is -0.00963. The van der Waals surface area contributed by atoms with Gasteiger partial charge in [-0.05, 0) is 10.6 Å². The number of nitrogen functional groups attached to an aromatic ring is 1. The predicted molar refractivity (Wildman–Crippen MR) is 70.3 cm³/mol. The van der Waals surface area contributed by atoms with Crippen molar-refractivity contribution in [3.05, 3.63) is 22.7 Å². The van der Waals surface area contributed by atoms with Crippen molar-refractivity contribution in [2.45, 2.75) is 24.6 Å². The number of rotatable bonds is 4. The molecule has 2 heterocycles. The zero-order chi connectivity index (χ0) is 14.9. The molecule has 0 amide bonds. The van der Waals surface area contributed by atoms with Gasteiger partial charge in [0.05, 0.1) is 6.61 Å². The molecule has 20 heavy (non-hydrogen) atoms. The molecular formula is C9H12FN3O5PS+. The second-order valence-electron chi connectivity index (χ2n) is 4.04. The lowest BCUT2D eigenvalue weighted by Crippen LogP contribution is -2.34. The topological polar surface area (TPSA) is 117 Å². The number of thiol groups is 1. The van der Waals surface area contributed by atoms with E-state index >= 15 is 0 Å². The Morgan fingerprint density at radius 2 is 2.40 bits per heavy atom. The average Bonchev–Trinajstić information content (AvgIpc) is 2.67. The van der Waals surface area contributed by atoms with Crippen LogP contribution in [-0.2, 0) is 13.8 Å². The van der Waals surface area contributed by atoms with E-state index in [0.717, 1.165) is 4.57 Å². The van der Waals surface area contributed by atoms with Gasteiger partial charge in [0.25, 0.3) is 0 Å². The molecule has 0 radical (unpaired) electrons. The summed E-state index contributed by atoms with van der Waals surface area (Å²) in [6.45, 7) is -0.560. The maximum atomic E-state index is 14.3. The van der Waals surface area contributed by atoms with Crippen LogP contribution >= 0.6 is 19.5 Å². The van der Waals surface area contributed by atoms with Crippen molar-refractivity contribution < 1.29 is 23.3 Å². The number of nitrogens with zero attached hydrogens (tertiary/aromatic N) is 2. The zero-order valence-electron chi connectivity index (χ0n) is 10.00. The van der Waals surface area contributed by atoms with Gasteiger partial charge in [-0.25, -0.2) is 9.18 Å². The molecule has 0 aromatic carbocycles. The quantitative estimate of drug-likeness (QED) is 0.528. The monoisotopic (exact) mass is 324 g/mol. The van der Waals surface area contributed by atoms with Gasteiger partial charge in [-0.2, -0.15) is 4.98 Å². The number of nitrogens with two attached hydrogens (primary N) is 1. The SMILES string of the molecule is Nc1ccn(C2OC(CO)C(O[P+](=O)S)C2F)c(=O)n1. The number of halogens is 1. The fourth-order valence-electron chi connectivity index (χ4n) is 1.91. The summed E-state index contributed by atoms with van der Waals surface area (Å²) in [6, 6.07) is 1.30. The minimum atomic E-state index is -2.38. The first-order valence-electron chi connectivity index (χ1n) is 5.52. The van der Waals surface area contributed by atoms with E-state index in [0.29, 0.717) is 0 Å². The van der Waals surface area contributed by atoms with Crippen LogP contribution in [0.5, 0.6) is 0 Å². The maximum absolute atomic E-state index is 14.3. The molecule has 0 aliphatic carbocycles. The molecule has 1 saturated heterocycles. The van der Waals surface area contributed by atoms with Gasteiger partial charge in [-0.1, -0.05) is 0 Å². The number of anilines is 1. The van der Waals surface area contributed by atoms with Crippen LogP contribution in [0.2, 0.25) is 0 Å². The van der Waals surface area contributed by atoms with Crippen LogP contribution in [0.3, 0.4) is 0 Å². The van der Waals surface area contributed by atoms with Crippen LogP contribution in [-0.4, -0.2) is 39.6 Å². The molecule has 5 unspecified atom stereocenters. The predicted octanol–water partition coefficient (Wildman–Crippen LogP) is 0.0257. The third kappa shape index (κ3) is 2.99. The molecule has 8 nitrogen and oxygen atoms in total. The van der Waals surface area contributed by atoms with Crippen molar-refractivity contribution in [1.82, 2.24) is 9.55 Å². The van der Waals surface area contributed by atoms with E-state index < -0.39 is 44.1 Å². The second-order valence-corrected chi connectivity index (χ2v) is 5.71. The molecule has 1 fully saturated rings. The maximum Gasteiger partial charge on any atom is 0.582 e. The molecule has 1 aliphatic rings. The molecule has 2 rings (SSSR count). The summed E-state index contributed by atoms with van der Waals surface area (Å²) in [7, 11) is -2.38. The first-order valence-corrected chi connectivity index (χ1v) is 7.85. The lowest BCUT2D eigenvalue weighted by molar-refractivity contribution is -0.0462. The van der Waals surface area contributed by atoms with Crippen molar-refractivity contribution in [3.63, 3.8) is 0 Å². The standard InChI is InChI=1S/C9H11FN3O5PS/c10-6-7(18-19(16)20)4(3-14)17-8(6)13-2-1-5(11)12-9(13)15/h1-2,4,6-8,14H,3H2,(H2-,11,12,15,16,20)/p+1. The highest BCUT2D eigenvalue weighted by Gasteiger charge is 2.50. The Balaban J connectivity index is 2.29. The first-order chi connectivity index (χ1) is 9.43. The molecule has 1 aromatic heterocycles. The largest absolute Gasteiger partial charge is 0.582 e. The van der Waals surface area contributed by atoms with E-state index in [1.807, 2.05) is 0 Å². The highest BCUT2D eigenvalue weighted by Crippen LogP contribution is 2.39. The van der Waals surface area contributed by atoms with Gasteiger partial charge in [0, 0.05) is 6.20 Å². The number of alkyl halides is 1. The summed E-state index contributed by atoms with van der Waals surface area (Å²) in [6.07, 6.45) is -4.30. The Morgan fingerprint density at radius 1 is 1.70 bits per heavy atom. The zero-order valence-corrected chi connectivity index (χ0v) is 11.8. The highest BCUT2D eigenvalue weighted by atomic mass is 32.7. The van der Waals surface area contributed by atoms with Gasteiger partial charge in [-0.15, -0.1) is 4.52 Å². The summed E-state index contributed by atoms with van der Waals surface area (Å²) < 4.78 is 36.1. The van der Waals surface area contributed by atoms with Gasteiger partial charge in [-0.3, -0.25) is 4.57 Å². The Morgan fingerprint density at radius 3 is 2.95 bits per heavy atom. The van der Waals surface area contributed by atoms with E-state index in [-0.39, 0.29) is 5.82 Å². The lowest BCUT2D eigenvalue weighted by Gasteiger charge is -2.15. The van der Waals surface area contributed by atoms with E-state index in [2.05, 4.69) is 17.2 Å². The molecule has 0 bridgehead atoms. The lowest BCUT2D eigenvalue weighted by atomic mass is 10.1. The summed E-state index contributed by atoms with van der Waals surface area (Å²) in [5.41, 5.74) is 4.53. The number of hydrogen-bond acceptors (Lipinski definition) is 7. The Hall–Kier alpha value is -1.06. The van der Waals surface area contributed by atoms with Crippen molar-refractivity contribution in [2.75, 3.05) is 12.3 Å². The molecule has 1 aromatic rings. The summed E-state index contributed by atoms with van der Waals surface area (Å²) in [4.78, 5) is 15.1. The Kier molecular flexibility index (Phi) is 4.71. The minimum Gasteiger partial charge on any atom is -0.394 e. The van der Waals surface area contributed by atoms with Crippen molar-refractivity contribution in [3.8, 4) is 0 Å². The summed E-state index contributed by atoms with van der Waals surface area (Å²) >= 11 is 3.53. The third-order valence-electron chi connectivity index (χ3n) is 2.78. The van der Waals surface area contributed by atoms with Crippen LogP contribution in [0.15, 0.2) is 17.1 Å². The van der Waals surface area contributed by atoms with Gasteiger partial charge < -0.3 is 15.6 Å². The Bertz CT molecular complexity index is 573. The number of aliphatic hydroxyl groups is 1. The fourth-order valence-corrected chi connectivity index (χ4v) is 2.70. The van der Waals surface area contributed by atoms with Crippen LogP contribution in [0, 0.1) is 0 Å². The molecule has 0 saturated carbocycles. The fraction of sp³-hybridized carbons (Fsp3) is 0.556. The first kappa shape index (κ1) is 15.3. The number of hydrogen-bond donors (Lipinski definition) is 3. The number of ether oxygens (including phenoxy) is 1. The molecule has 11 heteroatoms. The van der Waals surface area contributed by atoms with Gasteiger partial charge in [0.15, 0.2) is 18.5 Å². The number of aromatic nitrogens is 2. The van der Waals surface area contributed by atoms with Crippen molar-refractivity contribution in [2.24, 2.45) is 0 Å². The van der Waals surface area contributed by atoms with E-state index in [1.165, 1.54) is 12.3 Å². The molecule has 5 atom stereocenters. The van der Waals surface area contributed by atoms with Crippen LogP contribution in [0.1, 0.15) is 6.23 Å². The minimum absolute atomic E-state index is 0.00963. The normalized spacial score (nSPS) is 30.4. The summed E-state index contributed by atoms with van der Waals surface area (Å²) in [5, 5.41) is 9.13. The number of aliphatic hydroxyl groups excluding tert-OH is 1. The third-order valence-corrected chi connectivity index (χ3v) is 3.49. The van der Waals surface area contributed by atoms with Crippen LogP contribution in [0.4, 0.5) is 10.2 Å². The van der Waals surface area contributed by atoms with Gasteiger partial charge in [0.2, 0.25) is 0 Å². The molecule has 1 aliphatic heterocycles. The second kappa shape index (κ2) is 6.15. The van der Waals surface area contributed by atoms with Gasteiger partial charge >= 0.3 is 12.9 Å². The molecule has 110 valence electrons. The molecular weight excluding hydrogens is 312 g/mol. The van der Waals surface area contributed by atoms with Crippen molar-refractivity contribution in [1.29, 1.82) is 0 Å². The van der Waals surface area contributed by atoms with E-state index in [1.54, 1.807) is 0 Å². The van der Waals surface area contributed by atoms with Crippen molar-refractivity contribution >= 4 is 25.3 Å². The average molecular weight is 324 g/mol. The van der Waals surface area contributed by atoms with Crippen LogP contribution in [0.25, 0.3) is 0 Å². The Labute approximate surface area is 118 Å². The highest BCUT2D eigenvalue weighted by molar-refractivity contribution is 8.39. The molecule has 0 spiro atoms. The molecule has 3 N–H and O–H groups in total. The van der Waals surface area contributed by atoms with Crippen LogP contribution < -0.4 is 11.4 Å². The van der Waals surface area contributed by atoms with Gasteiger partial charge in [0.1, 0.15) is 24.2 Å². The van der Waals surface area contributed by atoms with E-state index in [9.17, 15) is 13.8 Å². The van der Waals surface area contributed by atoms with E-state index in [4.69, 9.17) is 20.1 Å². The smallest absolute Gasteiger partial charge is 0.394 e.